The molecule has 0 aliphatic heterocycles. The van der Waals surface area contributed by atoms with Crippen LogP contribution in [-0.4, -0.2) is 12.5 Å². The third-order valence-corrected chi connectivity index (χ3v) is 2.84. The van der Waals surface area contributed by atoms with Crippen molar-refractivity contribution in [2.75, 3.05) is 11.9 Å². The molecule has 2 rings (SSSR count). The van der Waals surface area contributed by atoms with Gasteiger partial charge in [0.15, 0.2) is 0 Å². The molecule has 1 aromatic heterocycles. The monoisotopic (exact) mass is 285 g/mol. The lowest BCUT2D eigenvalue weighted by atomic mass is 10.3. The molecule has 21 heavy (non-hydrogen) atoms. The number of ether oxygens (including phenoxy) is 1. The fraction of sp³-hybridized carbons (Fsp3) is 0.235. The SMILES string of the molecule is CCCCOc1ccccc1NC(=O)C=Cc1ccco1. The summed E-state index contributed by atoms with van der Waals surface area (Å²) in [4.78, 5) is 11.9. The molecule has 2 aromatic rings. The van der Waals surface area contributed by atoms with Gasteiger partial charge in [0.2, 0.25) is 5.91 Å². The summed E-state index contributed by atoms with van der Waals surface area (Å²) >= 11 is 0. The largest absolute Gasteiger partial charge is 0.491 e. The Labute approximate surface area is 124 Å². The second kappa shape index (κ2) is 7.94. The predicted molar refractivity (Wildman–Crippen MR) is 83.2 cm³/mol. The van der Waals surface area contributed by atoms with Gasteiger partial charge < -0.3 is 14.5 Å². The number of benzene rings is 1. The third kappa shape index (κ3) is 4.84. The van der Waals surface area contributed by atoms with E-state index in [1.165, 1.54) is 6.08 Å². The lowest BCUT2D eigenvalue weighted by Gasteiger charge is -2.11. The van der Waals surface area contributed by atoms with Gasteiger partial charge in [-0.2, -0.15) is 0 Å². The number of carbonyl (C=O) groups is 1. The lowest BCUT2D eigenvalue weighted by Crippen LogP contribution is -2.09. The highest BCUT2D eigenvalue weighted by atomic mass is 16.5. The van der Waals surface area contributed by atoms with Gasteiger partial charge in [0.05, 0.1) is 18.6 Å². The van der Waals surface area contributed by atoms with Crippen molar-refractivity contribution in [3.05, 3.63) is 54.5 Å². The maximum absolute atomic E-state index is 11.9. The molecule has 0 saturated carbocycles. The molecule has 0 fully saturated rings. The molecule has 0 aliphatic rings. The highest BCUT2D eigenvalue weighted by Crippen LogP contribution is 2.24. The fourth-order valence-electron chi connectivity index (χ4n) is 1.74. The maximum Gasteiger partial charge on any atom is 0.248 e. The first-order valence-electron chi connectivity index (χ1n) is 7.04. The van der Waals surface area contributed by atoms with Crippen molar-refractivity contribution < 1.29 is 13.9 Å². The van der Waals surface area contributed by atoms with Crippen LogP contribution in [0.2, 0.25) is 0 Å². The van der Waals surface area contributed by atoms with Crippen LogP contribution < -0.4 is 10.1 Å². The molecule has 0 bridgehead atoms. The van der Waals surface area contributed by atoms with Crippen molar-refractivity contribution in [3.63, 3.8) is 0 Å². The highest BCUT2D eigenvalue weighted by molar-refractivity contribution is 6.02. The smallest absolute Gasteiger partial charge is 0.248 e. The summed E-state index contributed by atoms with van der Waals surface area (Å²) in [7, 11) is 0. The zero-order chi connectivity index (χ0) is 14.9. The van der Waals surface area contributed by atoms with E-state index in [0.717, 1.165) is 12.8 Å². The maximum atomic E-state index is 11.9. The Morgan fingerprint density at radius 1 is 1.29 bits per heavy atom. The zero-order valence-corrected chi connectivity index (χ0v) is 12.0. The third-order valence-electron chi connectivity index (χ3n) is 2.84. The summed E-state index contributed by atoms with van der Waals surface area (Å²) < 4.78 is 10.8. The van der Waals surface area contributed by atoms with Crippen LogP contribution >= 0.6 is 0 Å². The van der Waals surface area contributed by atoms with Crippen molar-refractivity contribution >= 4 is 17.7 Å². The topological polar surface area (TPSA) is 51.5 Å². The minimum Gasteiger partial charge on any atom is -0.491 e. The number of rotatable bonds is 7. The van der Waals surface area contributed by atoms with E-state index in [1.54, 1.807) is 24.5 Å². The van der Waals surface area contributed by atoms with E-state index in [-0.39, 0.29) is 5.91 Å². The van der Waals surface area contributed by atoms with Crippen LogP contribution in [0.5, 0.6) is 5.75 Å². The van der Waals surface area contributed by atoms with Gasteiger partial charge in [-0.3, -0.25) is 4.79 Å². The number of para-hydroxylation sites is 2. The number of hydrogen-bond acceptors (Lipinski definition) is 3. The van der Waals surface area contributed by atoms with Gasteiger partial charge in [0.1, 0.15) is 11.5 Å². The Morgan fingerprint density at radius 2 is 2.14 bits per heavy atom. The summed E-state index contributed by atoms with van der Waals surface area (Å²) in [6.45, 7) is 2.75. The molecule has 1 amide bonds. The number of hydrogen-bond donors (Lipinski definition) is 1. The Hall–Kier alpha value is -2.49. The van der Waals surface area contributed by atoms with Crippen molar-refractivity contribution in [2.24, 2.45) is 0 Å². The minimum absolute atomic E-state index is 0.224. The Kier molecular flexibility index (Phi) is 5.64. The van der Waals surface area contributed by atoms with Gasteiger partial charge in [-0.25, -0.2) is 0 Å². The van der Waals surface area contributed by atoms with Gasteiger partial charge in [-0.05, 0) is 36.8 Å². The molecule has 0 radical (unpaired) electrons. The highest BCUT2D eigenvalue weighted by Gasteiger charge is 2.05. The fourth-order valence-corrected chi connectivity index (χ4v) is 1.74. The van der Waals surface area contributed by atoms with Gasteiger partial charge >= 0.3 is 0 Å². The van der Waals surface area contributed by atoms with E-state index >= 15 is 0 Å². The molecule has 0 atom stereocenters. The Morgan fingerprint density at radius 3 is 2.90 bits per heavy atom. The summed E-state index contributed by atoms with van der Waals surface area (Å²) in [6, 6.07) is 11.0. The quantitative estimate of drug-likeness (QED) is 0.615. The number of carbonyl (C=O) groups excluding carboxylic acids is 1. The second-order valence-corrected chi connectivity index (χ2v) is 4.54. The van der Waals surface area contributed by atoms with Crippen LogP contribution in [0.4, 0.5) is 5.69 Å². The summed E-state index contributed by atoms with van der Waals surface area (Å²) in [5.41, 5.74) is 0.669. The van der Waals surface area contributed by atoms with E-state index in [2.05, 4.69) is 12.2 Å². The second-order valence-electron chi connectivity index (χ2n) is 4.54. The average molecular weight is 285 g/mol. The lowest BCUT2D eigenvalue weighted by molar-refractivity contribution is -0.111. The van der Waals surface area contributed by atoms with Crippen LogP contribution in [0.3, 0.4) is 0 Å². The molecule has 0 saturated heterocycles. The molecule has 4 nitrogen and oxygen atoms in total. The molecule has 0 unspecified atom stereocenters. The van der Waals surface area contributed by atoms with Crippen LogP contribution in [0, 0.1) is 0 Å². The predicted octanol–water partition coefficient (Wildman–Crippen LogP) is 4.11. The molecule has 1 aromatic carbocycles. The first-order valence-corrected chi connectivity index (χ1v) is 7.04. The number of nitrogens with one attached hydrogen (secondary N) is 1. The summed E-state index contributed by atoms with van der Waals surface area (Å²) in [5, 5.41) is 2.81. The molecule has 4 heteroatoms. The van der Waals surface area contributed by atoms with Crippen LogP contribution in [0.15, 0.2) is 53.2 Å². The van der Waals surface area contributed by atoms with Crippen molar-refractivity contribution in [1.29, 1.82) is 0 Å². The van der Waals surface area contributed by atoms with Gasteiger partial charge in [-0.1, -0.05) is 25.5 Å². The average Bonchev–Trinajstić information content (AvgIpc) is 3.00. The summed E-state index contributed by atoms with van der Waals surface area (Å²) in [5.74, 6) is 1.10. The van der Waals surface area contributed by atoms with Gasteiger partial charge in [-0.15, -0.1) is 0 Å². The first kappa shape index (κ1) is 14.9. The van der Waals surface area contributed by atoms with E-state index < -0.39 is 0 Å². The number of amides is 1. The first-order chi connectivity index (χ1) is 10.3. The number of anilines is 1. The number of unbranched alkanes of at least 4 members (excludes halogenated alkanes) is 1. The van der Waals surface area contributed by atoms with Gasteiger partial charge in [0, 0.05) is 6.08 Å². The van der Waals surface area contributed by atoms with Crippen LogP contribution in [-0.2, 0) is 4.79 Å². The molecule has 0 aliphatic carbocycles. The molecule has 1 heterocycles. The Bertz CT molecular complexity index is 588. The molecule has 0 spiro atoms. The van der Waals surface area contributed by atoms with E-state index in [1.807, 2.05) is 24.3 Å². The molecule has 110 valence electrons. The van der Waals surface area contributed by atoms with Crippen LogP contribution in [0.1, 0.15) is 25.5 Å². The zero-order valence-electron chi connectivity index (χ0n) is 12.0. The Balaban J connectivity index is 1.96. The van der Waals surface area contributed by atoms with Crippen molar-refractivity contribution in [1.82, 2.24) is 0 Å². The van der Waals surface area contributed by atoms with E-state index in [0.29, 0.717) is 23.8 Å². The van der Waals surface area contributed by atoms with Crippen molar-refractivity contribution in [3.8, 4) is 5.75 Å². The van der Waals surface area contributed by atoms with E-state index in [9.17, 15) is 4.79 Å². The molecular weight excluding hydrogens is 266 g/mol. The molecule has 1 N–H and O–H groups in total. The van der Waals surface area contributed by atoms with Crippen molar-refractivity contribution in [2.45, 2.75) is 19.8 Å². The normalized spacial score (nSPS) is 10.7. The standard InChI is InChI=1S/C17H19NO3/c1-2-3-12-21-16-9-5-4-8-15(16)18-17(19)11-10-14-7-6-13-20-14/h4-11,13H,2-3,12H2,1H3,(H,18,19). The van der Waals surface area contributed by atoms with E-state index in [4.69, 9.17) is 9.15 Å². The number of furan rings is 1. The molecular formula is C17H19NO3. The van der Waals surface area contributed by atoms with Crippen LogP contribution in [0.25, 0.3) is 6.08 Å². The minimum atomic E-state index is -0.224. The summed E-state index contributed by atoms with van der Waals surface area (Å²) in [6.07, 6.45) is 6.67. The van der Waals surface area contributed by atoms with Gasteiger partial charge in [0.25, 0.3) is 0 Å².